The Labute approximate surface area is 316 Å². The molecule has 2 aliphatic rings. The fourth-order valence-corrected chi connectivity index (χ4v) is 30.5. The fraction of sp³-hybridized carbons (Fsp3) is 0.364. The van der Waals surface area contributed by atoms with Crippen LogP contribution in [0, 0.1) is 0 Å². The van der Waals surface area contributed by atoms with Gasteiger partial charge in [-0.05, 0) is 0 Å². The van der Waals surface area contributed by atoms with Crippen LogP contribution in [0.4, 0.5) is 0 Å². The molecular formula is C44H56Cl2O2SiZr. The van der Waals surface area contributed by atoms with Crippen molar-refractivity contribution in [1.29, 1.82) is 0 Å². The Balaban J connectivity index is 0.00000281. The molecule has 6 heteroatoms. The second kappa shape index (κ2) is 13.9. The Hall–Kier alpha value is -2.36. The first-order chi connectivity index (χ1) is 22.4. The molecule has 0 spiro atoms. The van der Waals surface area contributed by atoms with Crippen LogP contribution in [0.15, 0.2) is 83.9 Å². The van der Waals surface area contributed by atoms with E-state index in [1.807, 2.05) is 14.2 Å². The minimum absolute atomic E-state index is 0. The van der Waals surface area contributed by atoms with Crippen LogP contribution in [0.1, 0.15) is 96.0 Å². The first-order valence-corrected chi connectivity index (χ1v) is 31.1. The maximum absolute atomic E-state index is 6.32. The molecule has 4 aromatic rings. The van der Waals surface area contributed by atoms with E-state index < -0.39 is 17.4 Å². The van der Waals surface area contributed by atoms with Crippen molar-refractivity contribution in [1.82, 2.24) is 0 Å². The molecule has 2 atom stereocenters. The van der Waals surface area contributed by atoms with Gasteiger partial charge in [0.2, 0.25) is 0 Å². The molecule has 0 bridgehead atoms. The summed E-state index contributed by atoms with van der Waals surface area (Å²) >= 11 is -3.87. The second-order valence-electron chi connectivity index (χ2n) is 17.5. The van der Waals surface area contributed by atoms with E-state index in [2.05, 4.69) is 156 Å². The van der Waals surface area contributed by atoms with Gasteiger partial charge in [-0.3, -0.25) is 0 Å². The van der Waals surface area contributed by atoms with E-state index in [-0.39, 0.29) is 35.6 Å². The molecule has 266 valence electrons. The molecule has 4 aromatic carbocycles. The van der Waals surface area contributed by atoms with Crippen molar-refractivity contribution in [3.8, 4) is 33.8 Å². The molecule has 2 unspecified atom stereocenters. The van der Waals surface area contributed by atoms with Gasteiger partial charge in [-0.2, -0.15) is 0 Å². The van der Waals surface area contributed by atoms with Crippen LogP contribution in [0.3, 0.4) is 0 Å². The Morgan fingerprint density at radius 3 is 1.18 bits per heavy atom. The standard InChI is InChI=1S/2C21H23O.2CH3.2ClH.H2Si.Zr/c2*1-14-11-16-13-18(21(2,3)4)20(22-5)19(17(16)12-14)15-9-7-6-8-10-15;;;;;;/h2*6-13H,1-5H3;2*1H3;2*1H;1H2;. The topological polar surface area (TPSA) is 18.5 Å². The molecule has 0 saturated carbocycles. The summed E-state index contributed by atoms with van der Waals surface area (Å²) in [6.07, 6.45) is 5.01. The van der Waals surface area contributed by atoms with Crippen molar-refractivity contribution in [2.24, 2.45) is 0 Å². The van der Waals surface area contributed by atoms with Gasteiger partial charge in [-0.25, -0.2) is 0 Å². The summed E-state index contributed by atoms with van der Waals surface area (Å²) in [4.78, 5) is 0. The third-order valence-corrected chi connectivity index (χ3v) is 28.9. The third-order valence-electron chi connectivity index (χ3n) is 11.0. The maximum atomic E-state index is 6.32. The summed E-state index contributed by atoms with van der Waals surface area (Å²) in [6, 6.07) is 26.8. The number of methoxy groups -OCH3 is 2. The van der Waals surface area contributed by atoms with Gasteiger partial charge in [-0.15, -0.1) is 24.8 Å². The molecule has 0 saturated heterocycles. The van der Waals surface area contributed by atoms with Gasteiger partial charge in [0.1, 0.15) is 0 Å². The average molecular weight is 807 g/mol. The Kier molecular flexibility index (Phi) is 11.2. The summed E-state index contributed by atoms with van der Waals surface area (Å²) in [7, 11) is 3.68. The molecule has 2 aliphatic carbocycles. The number of allylic oxidation sites excluding steroid dienone is 2. The van der Waals surface area contributed by atoms with Gasteiger partial charge in [-0.1, -0.05) is 0 Å². The Bertz CT molecular complexity index is 1920. The molecule has 0 aliphatic heterocycles. The molecular weight excluding hydrogens is 751 g/mol. The van der Waals surface area contributed by atoms with Crippen LogP contribution in [0.25, 0.3) is 34.4 Å². The van der Waals surface area contributed by atoms with Crippen molar-refractivity contribution >= 4 is 43.8 Å². The summed E-state index contributed by atoms with van der Waals surface area (Å²) in [6.45, 7) is 21.1. The number of hydrogen-bond acceptors (Lipinski definition) is 2. The van der Waals surface area contributed by atoms with Crippen LogP contribution in [0.2, 0.25) is 9.26 Å². The molecule has 0 N–H and O–H groups in total. The van der Waals surface area contributed by atoms with Gasteiger partial charge < -0.3 is 0 Å². The summed E-state index contributed by atoms with van der Waals surface area (Å²) in [5, 5.41) is 0. The van der Waals surface area contributed by atoms with Crippen LogP contribution >= 0.6 is 24.8 Å². The SMILES string of the molecule is COc1c(C(C)(C)C)cc2c(c1-c1ccccc1)C=C(C)[CH]2[Zr]([CH3])([CH3])(=[SiH2])[CH]1C(C)=Cc2c1cc(C(C)(C)C)c(OC)c2-c1ccccc1.Cl.Cl. The fourth-order valence-electron chi connectivity index (χ4n) is 9.31. The van der Waals surface area contributed by atoms with Gasteiger partial charge in [0.25, 0.3) is 0 Å². The molecule has 0 radical (unpaired) electrons. The van der Waals surface area contributed by atoms with Crippen LogP contribution in [-0.2, 0) is 28.2 Å². The summed E-state index contributed by atoms with van der Waals surface area (Å²) in [5.41, 5.74) is 16.0. The Morgan fingerprint density at radius 2 is 0.900 bits per heavy atom. The molecule has 0 heterocycles. The van der Waals surface area contributed by atoms with E-state index in [9.17, 15) is 0 Å². The van der Waals surface area contributed by atoms with Crippen LogP contribution in [0.5, 0.6) is 11.5 Å². The zero-order valence-corrected chi connectivity index (χ0v) is 37.6. The molecule has 0 fully saturated rings. The van der Waals surface area contributed by atoms with E-state index in [4.69, 9.17) is 9.47 Å². The number of fused-ring (bicyclic) bond motifs is 2. The molecule has 0 aromatic heterocycles. The number of rotatable bonds is 6. The molecule has 50 heavy (non-hydrogen) atoms. The predicted molar refractivity (Wildman–Crippen MR) is 222 cm³/mol. The first kappa shape index (κ1) is 40.4. The van der Waals surface area contributed by atoms with E-state index in [0.717, 1.165) is 11.5 Å². The maximum Gasteiger partial charge on any atom is -0.147 e. The molecule has 2 nitrogen and oxygen atoms in total. The van der Waals surface area contributed by atoms with Gasteiger partial charge in [0.15, 0.2) is 0 Å². The van der Waals surface area contributed by atoms with Crippen molar-refractivity contribution in [3.63, 3.8) is 0 Å². The van der Waals surface area contributed by atoms with E-state index in [1.54, 1.807) is 0 Å². The van der Waals surface area contributed by atoms with Gasteiger partial charge in [0.05, 0.1) is 0 Å². The number of halogens is 2. The summed E-state index contributed by atoms with van der Waals surface area (Å²) in [5.74, 6) is 2.02. The van der Waals surface area contributed by atoms with Crippen molar-refractivity contribution in [2.75, 3.05) is 14.2 Å². The van der Waals surface area contributed by atoms with Crippen molar-refractivity contribution in [2.45, 2.75) is 82.7 Å². The number of ether oxygens (including phenoxy) is 2. The number of benzene rings is 4. The average Bonchev–Trinajstić information content (AvgIpc) is 3.55. The normalized spacial score (nSPS) is 17.1. The van der Waals surface area contributed by atoms with E-state index in [0.29, 0.717) is 7.25 Å². The molecule has 6 rings (SSSR count). The van der Waals surface area contributed by atoms with Crippen LogP contribution < -0.4 is 9.47 Å². The number of hydrogen-bond donors (Lipinski definition) is 0. The van der Waals surface area contributed by atoms with Gasteiger partial charge in [0, 0.05) is 0 Å². The summed E-state index contributed by atoms with van der Waals surface area (Å²) < 4.78 is 18.9. The second-order valence-corrected chi connectivity index (χ2v) is 48.0. The Morgan fingerprint density at radius 1 is 0.580 bits per heavy atom. The van der Waals surface area contributed by atoms with Crippen molar-refractivity contribution in [3.05, 3.63) is 117 Å². The van der Waals surface area contributed by atoms with E-state index in [1.165, 1.54) is 66.8 Å². The van der Waals surface area contributed by atoms with E-state index >= 15 is 0 Å². The van der Waals surface area contributed by atoms with Crippen LogP contribution in [-0.4, -0.2) is 21.1 Å². The molecule has 0 amide bonds. The van der Waals surface area contributed by atoms with Crippen molar-refractivity contribution < 1.29 is 26.9 Å². The zero-order chi connectivity index (χ0) is 35.0. The quantitative estimate of drug-likeness (QED) is 0.181. The minimum atomic E-state index is -3.87. The smallest absolute Gasteiger partial charge is 0.147 e. The third kappa shape index (κ3) is 6.57. The predicted octanol–water partition coefficient (Wildman–Crippen LogP) is 12.4. The van der Waals surface area contributed by atoms with Gasteiger partial charge >= 0.3 is 294 Å². The minimum Gasteiger partial charge on any atom is -0.147 e. The largest absolute Gasteiger partial charge is 0.147 e. The zero-order valence-electron chi connectivity index (χ0n) is 32.1. The first-order valence-electron chi connectivity index (χ1n) is 17.4. The monoisotopic (exact) mass is 804 g/mol.